The highest BCUT2D eigenvalue weighted by molar-refractivity contribution is 6.22. The molecule has 0 aromatic heterocycles. The summed E-state index contributed by atoms with van der Waals surface area (Å²) in [7, 11) is 1.89. The molecule has 2 heteroatoms. The number of allylic oxidation sites excluding steroid dienone is 1. The topological polar surface area (TPSA) is 3.24 Å². The van der Waals surface area contributed by atoms with Crippen LogP contribution in [0.2, 0.25) is 0 Å². The predicted molar refractivity (Wildman–Crippen MR) is 47.0 cm³/mol. The van der Waals surface area contributed by atoms with Gasteiger partial charge in [-0.25, -0.2) is 0 Å². The Morgan fingerprint density at radius 1 is 1.80 bits per heavy atom. The van der Waals surface area contributed by atoms with Crippen LogP contribution in [0.25, 0.3) is 0 Å². The summed E-state index contributed by atoms with van der Waals surface area (Å²) in [5.74, 6) is 0. The molecule has 0 radical (unpaired) electrons. The van der Waals surface area contributed by atoms with Gasteiger partial charge in [-0.2, -0.15) is 0 Å². The first kappa shape index (κ1) is 9.57. The molecule has 0 aliphatic rings. The third-order valence-electron chi connectivity index (χ3n) is 1.45. The zero-order valence-corrected chi connectivity index (χ0v) is 7.36. The molecule has 0 heterocycles. The van der Waals surface area contributed by atoms with Crippen LogP contribution in [0.4, 0.5) is 0 Å². The van der Waals surface area contributed by atoms with Gasteiger partial charge in [-0.05, 0) is 12.6 Å². The van der Waals surface area contributed by atoms with Gasteiger partial charge in [-0.3, -0.25) is 0 Å². The van der Waals surface area contributed by atoms with Crippen LogP contribution in [0.5, 0.6) is 0 Å². The van der Waals surface area contributed by atoms with Gasteiger partial charge in [-0.1, -0.05) is 20.1 Å². The van der Waals surface area contributed by atoms with Crippen LogP contribution in [0.15, 0.2) is 25.1 Å². The van der Waals surface area contributed by atoms with Crippen molar-refractivity contribution in [2.45, 2.75) is 18.7 Å². The second-order valence-electron chi connectivity index (χ2n) is 2.16. The lowest BCUT2D eigenvalue weighted by Gasteiger charge is -2.19. The first-order valence-electron chi connectivity index (χ1n) is 3.31. The molecule has 0 saturated carbocycles. The van der Waals surface area contributed by atoms with E-state index in [0.29, 0.717) is 0 Å². The molecule has 1 nitrogen and oxygen atoms in total. The van der Waals surface area contributed by atoms with E-state index in [1.807, 2.05) is 18.9 Å². The van der Waals surface area contributed by atoms with Crippen LogP contribution in [-0.4, -0.2) is 17.3 Å². The molecule has 1 unspecified atom stereocenters. The van der Waals surface area contributed by atoms with Crippen molar-refractivity contribution < 1.29 is 0 Å². The summed E-state index contributed by atoms with van der Waals surface area (Å²) in [6.45, 7) is 9.45. The van der Waals surface area contributed by atoms with Gasteiger partial charge in [-0.15, -0.1) is 11.6 Å². The van der Waals surface area contributed by atoms with Crippen molar-refractivity contribution in [3.8, 4) is 0 Å². The van der Waals surface area contributed by atoms with Crippen LogP contribution < -0.4 is 0 Å². The molecule has 0 aliphatic carbocycles. The van der Waals surface area contributed by atoms with Crippen molar-refractivity contribution in [2.75, 3.05) is 7.05 Å². The van der Waals surface area contributed by atoms with Crippen molar-refractivity contribution in [1.82, 2.24) is 4.90 Å². The van der Waals surface area contributed by atoms with Crippen molar-refractivity contribution in [2.24, 2.45) is 0 Å². The minimum atomic E-state index is 0.0306. The monoisotopic (exact) mass is 159 g/mol. The highest BCUT2D eigenvalue weighted by Crippen LogP contribution is 2.14. The smallest absolute Gasteiger partial charge is 0.0728 e. The van der Waals surface area contributed by atoms with Crippen LogP contribution in [-0.2, 0) is 0 Å². The van der Waals surface area contributed by atoms with Gasteiger partial charge in [0, 0.05) is 12.7 Å². The van der Waals surface area contributed by atoms with Crippen molar-refractivity contribution in [3.05, 3.63) is 25.1 Å². The quantitative estimate of drug-likeness (QED) is 0.570. The van der Waals surface area contributed by atoms with Crippen LogP contribution >= 0.6 is 11.6 Å². The van der Waals surface area contributed by atoms with Crippen LogP contribution in [0.1, 0.15) is 13.3 Å². The molecule has 0 bridgehead atoms. The molecule has 0 saturated heterocycles. The number of rotatable bonds is 4. The summed E-state index contributed by atoms with van der Waals surface area (Å²) < 4.78 is 0. The Bertz CT molecular complexity index is 131. The summed E-state index contributed by atoms with van der Waals surface area (Å²) >= 11 is 5.90. The first-order valence-corrected chi connectivity index (χ1v) is 3.75. The van der Waals surface area contributed by atoms with Crippen molar-refractivity contribution in [1.29, 1.82) is 0 Å². The number of nitrogens with zero attached hydrogens (tertiary/aromatic N) is 1. The molecule has 0 aromatic rings. The normalized spacial score (nSPS) is 12.3. The lowest BCUT2D eigenvalue weighted by Crippen LogP contribution is -2.16. The number of halogens is 1. The second kappa shape index (κ2) is 4.40. The SMILES string of the molecule is C=CN(C)C(=C)C(Cl)CC. The zero-order valence-electron chi connectivity index (χ0n) is 6.60. The summed E-state index contributed by atoms with van der Waals surface area (Å²) in [6, 6.07) is 0. The fourth-order valence-corrected chi connectivity index (χ4v) is 0.728. The number of hydrogen-bond donors (Lipinski definition) is 0. The molecule has 0 spiro atoms. The largest absolute Gasteiger partial charge is 0.354 e. The van der Waals surface area contributed by atoms with E-state index < -0.39 is 0 Å². The van der Waals surface area contributed by atoms with Gasteiger partial charge in [0.2, 0.25) is 0 Å². The average molecular weight is 160 g/mol. The van der Waals surface area contributed by atoms with E-state index in [0.717, 1.165) is 12.1 Å². The van der Waals surface area contributed by atoms with E-state index in [2.05, 4.69) is 13.2 Å². The molecule has 10 heavy (non-hydrogen) atoms. The molecular weight excluding hydrogens is 146 g/mol. The molecule has 0 rings (SSSR count). The van der Waals surface area contributed by atoms with E-state index in [4.69, 9.17) is 11.6 Å². The maximum absolute atomic E-state index is 5.90. The fourth-order valence-electron chi connectivity index (χ4n) is 0.574. The Morgan fingerprint density at radius 3 is 2.60 bits per heavy atom. The average Bonchev–Trinajstić information content (AvgIpc) is 2.00. The molecule has 0 fully saturated rings. The van der Waals surface area contributed by atoms with E-state index in [-0.39, 0.29) is 5.38 Å². The predicted octanol–water partition coefficient (Wildman–Crippen LogP) is 2.59. The van der Waals surface area contributed by atoms with Crippen LogP contribution in [0, 0.1) is 0 Å². The number of hydrogen-bond acceptors (Lipinski definition) is 1. The Kier molecular flexibility index (Phi) is 4.21. The summed E-state index contributed by atoms with van der Waals surface area (Å²) in [6.07, 6.45) is 2.60. The zero-order chi connectivity index (χ0) is 8.15. The third kappa shape index (κ3) is 2.44. The Balaban J connectivity index is 3.93. The maximum atomic E-state index is 5.90. The summed E-state index contributed by atoms with van der Waals surface area (Å²) in [5, 5.41) is 0.0306. The maximum Gasteiger partial charge on any atom is 0.0728 e. The third-order valence-corrected chi connectivity index (χ3v) is 2.01. The van der Waals surface area contributed by atoms with Gasteiger partial charge in [0.15, 0.2) is 0 Å². The standard InChI is InChI=1S/C8H14ClN/c1-5-8(9)7(3)10(4)6-2/h6,8H,2-3,5H2,1,4H3. The minimum absolute atomic E-state index is 0.0306. The Morgan fingerprint density at radius 2 is 2.30 bits per heavy atom. The number of alkyl halides is 1. The van der Waals surface area contributed by atoms with Gasteiger partial charge >= 0.3 is 0 Å². The molecule has 0 aliphatic heterocycles. The van der Waals surface area contributed by atoms with E-state index in [1.54, 1.807) is 6.20 Å². The molecular formula is C8H14ClN. The van der Waals surface area contributed by atoms with Gasteiger partial charge in [0.05, 0.1) is 5.38 Å². The molecule has 0 N–H and O–H groups in total. The fraction of sp³-hybridized carbons (Fsp3) is 0.500. The lowest BCUT2D eigenvalue weighted by atomic mass is 10.2. The first-order chi connectivity index (χ1) is 4.63. The van der Waals surface area contributed by atoms with E-state index in [1.165, 1.54) is 0 Å². The van der Waals surface area contributed by atoms with Gasteiger partial charge < -0.3 is 4.90 Å². The minimum Gasteiger partial charge on any atom is -0.354 e. The molecule has 0 amide bonds. The van der Waals surface area contributed by atoms with Gasteiger partial charge in [0.1, 0.15) is 0 Å². The molecule has 1 atom stereocenters. The highest BCUT2D eigenvalue weighted by atomic mass is 35.5. The second-order valence-corrected chi connectivity index (χ2v) is 2.69. The van der Waals surface area contributed by atoms with E-state index >= 15 is 0 Å². The Hall–Kier alpha value is -0.430. The summed E-state index contributed by atoms with van der Waals surface area (Å²) in [5.41, 5.74) is 0.902. The van der Waals surface area contributed by atoms with Crippen molar-refractivity contribution in [3.63, 3.8) is 0 Å². The lowest BCUT2D eigenvalue weighted by molar-refractivity contribution is 0.542. The van der Waals surface area contributed by atoms with Gasteiger partial charge in [0.25, 0.3) is 0 Å². The summed E-state index contributed by atoms with van der Waals surface area (Å²) in [4.78, 5) is 1.83. The van der Waals surface area contributed by atoms with Crippen LogP contribution in [0.3, 0.4) is 0 Å². The van der Waals surface area contributed by atoms with E-state index in [9.17, 15) is 0 Å². The molecule has 0 aromatic carbocycles. The Labute approximate surface area is 68.0 Å². The molecule has 58 valence electrons. The van der Waals surface area contributed by atoms with Crippen molar-refractivity contribution >= 4 is 11.6 Å². The highest BCUT2D eigenvalue weighted by Gasteiger charge is 2.07.